The second kappa shape index (κ2) is 8.45. The van der Waals surface area contributed by atoms with E-state index in [1.807, 2.05) is 54.6 Å². The number of hydrogen-bond donors (Lipinski definition) is 0. The van der Waals surface area contributed by atoms with Gasteiger partial charge in [0.1, 0.15) is 0 Å². The van der Waals surface area contributed by atoms with Crippen LogP contribution in [0.25, 0.3) is 0 Å². The maximum Gasteiger partial charge on any atom is 0.278 e. The summed E-state index contributed by atoms with van der Waals surface area (Å²) in [6.07, 6.45) is 0. The van der Waals surface area contributed by atoms with Gasteiger partial charge in [-0.2, -0.15) is 0 Å². The van der Waals surface area contributed by atoms with Crippen LogP contribution in [0.4, 0.5) is 11.5 Å². The van der Waals surface area contributed by atoms with E-state index in [1.165, 1.54) is 5.56 Å². The van der Waals surface area contributed by atoms with Crippen molar-refractivity contribution in [1.29, 1.82) is 0 Å². The van der Waals surface area contributed by atoms with Gasteiger partial charge in [-0.15, -0.1) is 10.2 Å². The maximum atomic E-state index is 12.7. The van der Waals surface area contributed by atoms with Crippen LogP contribution in [0.5, 0.6) is 0 Å². The number of carbonyl (C=O) groups excluding carboxylic acids is 1. The predicted octanol–water partition coefficient (Wildman–Crippen LogP) is 4.17. The quantitative estimate of drug-likeness (QED) is 0.662. The molecule has 0 bridgehead atoms. The van der Waals surface area contributed by atoms with E-state index in [0.717, 1.165) is 18.1 Å². The topological polar surface area (TPSA) is 49.3 Å². The molecule has 0 saturated heterocycles. The summed E-state index contributed by atoms with van der Waals surface area (Å²) in [5.74, 6) is 0.576. The van der Waals surface area contributed by atoms with Gasteiger partial charge >= 0.3 is 0 Å². The van der Waals surface area contributed by atoms with E-state index in [4.69, 9.17) is 0 Å². The van der Waals surface area contributed by atoms with Gasteiger partial charge in [-0.25, -0.2) is 0 Å². The van der Waals surface area contributed by atoms with Gasteiger partial charge in [-0.3, -0.25) is 4.79 Å². The number of para-hydroxylation sites is 1. The lowest BCUT2D eigenvalue weighted by Crippen LogP contribution is -2.32. The zero-order chi connectivity index (χ0) is 19.2. The molecular formula is C22H24N4O. The number of amides is 1. The van der Waals surface area contributed by atoms with Crippen molar-refractivity contribution in [1.82, 2.24) is 10.2 Å². The molecule has 0 N–H and O–H groups in total. The summed E-state index contributed by atoms with van der Waals surface area (Å²) in [7, 11) is 1.74. The van der Waals surface area contributed by atoms with E-state index >= 15 is 0 Å². The molecular weight excluding hydrogens is 336 g/mol. The Morgan fingerprint density at radius 1 is 0.889 bits per heavy atom. The van der Waals surface area contributed by atoms with Crippen molar-refractivity contribution in [2.75, 3.05) is 16.8 Å². The van der Waals surface area contributed by atoms with Gasteiger partial charge in [0.2, 0.25) is 0 Å². The number of aromatic nitrogens is 2. The molecule has 0 unspecified atom stereocenters. The van der Waals surface area contributed by atoms with Crippen LogP contribution in [0.1, 0.15) is 29.9 Å². The van der Waals surface area contributed by atoms with Crippen molar-refractivity contribution in [3.63, 3.8) is 0 Å². The van der Waals surface area contributed by atoms with Gasteiger partial charge in [-0.1, -0.05) is 48.5 Å². The molecule has 3 rings (SSSR count). The normalized spacial score (nSPS) is 10.7. The Morgan fingerprint density at radius 2 is 1.52 bits per heavy atom. The van der Waals surface area contributed by atoms with Crippen LogP contribution in [0.2, 0.25) is 0 Å². The lowest BCUT2D eigenvalue weighted by atomic mass is 10.2. The monoisotopic (exact) mass is 360 g/mol. The van der Waals surface area contributed by atoms with E-state index in [9.17, 15) is 4.79 Å². The highest BCUT2D eigenvalue weighted by Gasteiger charge is 2.18. The second-order valence-electron chi connectivity index (χ2n) is 6.68. The Bertz CT molecular complexity index is 864. The van der Waals surface area contributed by atoms with Crippen molar-refractivity contribution >= 4 is 17.4 Å². The fourth-order valence-corrected chi connectivity index (χ4v) is 2.84. The molecule has 0 atom stereocenters. The third kappa shape index (κ3) is 4.50. The number of anilines is 2. The third-order valence-electron chi connectivity index (χ3n) is 4.43. The summed E-state index contributed by atoms with van der Waals surface area (Å²) in [6.45, 7) is 4.98. The minimum absolute atomic E-state index is 0.181. The Hall–Kier alpha value is -3.21. The van der Waals surface area contributed by atoms with Gasteiger partial charge in [-0.05, 0) is 43.7 Å². The molecule has 0 radical (unpaired) electrons. The zero-order valence-electron chi connectivity index (χ0n) is 15.9. The Kier molecular flexibility index (Phi) is 5.81. The number of hydrogen-bond acceptors (Lipinski definition) is 4. The van der Waals surface area contributed by atoms with Crippen LogP contribution in [0, 0.1) is 0 Å². The van der Waals surface area contributed by atoms with E-state index in [2.05, 4.69) is 41.1 Å². The van der Waals surface area contributed by atoms with Gasteiger partial charge in [0.05, 0.1) is 0 Å². The van der Waals surface area contributed by atoms with E-state index in [-0.39, 0.29) is 11.9 Å². The minimum atomic E-state index is -0.181. The summed E-state index contributed by atoms with van der Waals surface area (Å²) in [5, 5.41) is 8.51. The molecule has 5 heteroatoms. The van der Waals surface area contributed by atoms with Crippen molar-refractivity contribution in [3.8, 4) is 0 Å². The number of nitrogens with zero attached hydrogens (tertiary/aromatic N) is 4. The fraction of sp³-hybridized carbons (Fsp3) is 0.227. The van der Waals surface area contributed by atoms with Gasteiger partial charge in [0, 0.05) is 25.3 Å². The second-order valence-corrected chi connectivity index (χ2v) is 6.68. The Balaban J connectivity index is 1.77. The summed E-state index contributed by atoms with van der Waals surface area (Å²) in [6, 6.07) is 23.6. The molecule has 1 aromatic heterocycles. The lowest BCUT2D eigenvalue weighted by molar-refractivity contribution is 0.0987. The molecule has 3 aromatic rings. The molecule has 2 aromatic carbocycles. The molecule has 1 amide bonds. The first-order valence-electron chi connectivity index (χ1n) is 9.03. The molecule has 27 heavy (non-hydrogen) atoms. The van der Waals surface area contributed by atoms with Gasteiger partial charge < -0.3 is 9.80 Å². The maximum absolute atomic E-state index is 12.7. The summed E-state index contributed by atoms with van der Waals surface area (Å²) >= 11 is 0. The molecule has 0 aliphatic heterocycles. The summed E-state index contributed by atoms with van der Waals surface area (Å²) in [5.41, 5.74) is 2.35. The van der Waals surface area contributed by atoms with Crippen molar-refractivity contribution in [3.05, 3.63) is 84.1 Å². The SMILES string of the molecule is CC(C)N(Cc1ccccc1)c1ccc(C(=O)N(C)c2ccccc2)nn1. The molecule has 0 fully saturated rings. The van der Waals surface area contributed by atoms with Crippen molar-refractivity contribution in [2.45, 2.75) is 26.4 Å². The van der Waals surface area contributed by atoms with E-state index < -0.39 is 0 Å². The molecule has 0 aliphatic carbocycles. The molecule has 1 heterocycles. The number of carbonyl (C=O) groups is 1. The molecule has 138 valence electrons. The lowest BCUT2D eigenvalue weighted by Gasteiger charge is -2.27. The highest BCUT2D eigenvalue weighted by molar-refractivity contribution is 6.04. The first-order valence-corrected chi connectivity index (χ1v) is 9.03. The first-order chi connectivity index (χ1) is 13.1. The fourth-order valence-electron chi connectivity index (χ4n) is 2.84. The van der Waals surface area contributed by atoms with Crippen LogP contribution in [0.3, 0.4) is 0 Å². The van der Waals surface area contributed by atoms with Crippen LogP contribution in [0.15, 0.2) is 72.8 Å². The Labute approximate surface area is 160 Å². The molecule has 5 nitrogen and oxygen atoms in total. The van der Waals surface area contributed by atoms with Crippen LogP contribution in [-0.4, -0.2) is 29.2 Å². The zero-order valence-corrected chi connectivity index (χ0v) is 15.9. The molecule has 0 saturated carbocycles. The average Bonchev–Trinajstić information content (AvgIpc) is 2.72. The van der Waals surface area contributed by atoms with Crippen LogP contribution >= 0.6 is 0 Å². The highest BCUT2D eigenvalue weighted by atomic mass is 16.2. The van der Waals surface area contributed by atoms with Gasteiger partial charge in [0.15, 0.2) is 11.5 Å². The van der Waals surface area contributed by atoms with Crippen LogP contribution in [-0.2, 0) is 6.54 Å². The highest BCUT2D eigenvalue weighted by Crippen LogP contribution is 2.19. The van der Waals surface area contributed by atoms with E-state index in [0.29, 0.717) is 5.69 Å². The largest absolute Gasteiger partial charge is 0.348 e. The minimum Gasteiger partial charge on any atom is -0.348 e. The summed E-state index contributed by atoms with van der Waals surface area (Å²) < 4.78 is 0. The third-order valence-corrected chi connectivity index (χ3v) is 4.43. The van der Waals surface area contributed by atoms with Crippen molar-refractivity contribution in [2.24, 2.45) is 0 Å². The predicted molar refractivity (Wildman–Crippen MR) is 109 cm³/mol. The standard InChI is InChI=1S/C22H24N4O/c1-17(2)26(16-18-10-6-4-7-11-18)21-15-14-20(23-24-21)22(27)25(3)19-12-8-5-9-13-19/h4-15,17H,16H2,1-3H3. The molecule has 0 aliphatic rings. The number of rotatable bonds is 6. The molecule has 0 spiro atoms. The number of benzene rings is 2. The average molecular weight is 360 g/mol. The van der Waals surface area contributed by atoms with Crippen LogP contribution < -0.4 is 9.80 Å². The van der Waals surface area contributed by atoms with E-state index in [1.54, 1.807) is 18.0 Å². The Morgan fingerprint density at radius 3 is 2.07 bits per heavy atom. The van der Waals surface area contributed by atoms with Crippen molar-refractivity contribution < 1.29 is 4.79 Å². The first kappa shape index (κ1) is 18.6. The smallest absolute Gasteiger partial charge is 0.278 e. The summed E-state index contributed by atoms with van der Waals surface area (Å²) in [4.78, 5) is 16.4. The van der Waals surface area contributed by atoms with Gasteiger partial charge in [0.25, 0.3) is 5.91 Å².